The molecule has 0 aliphatic carbocycles. The summed E-state index contributed by atoms with van der Waals surface area (Å²) in [6.07, 6.45) is 0.502. The molecule has 2 heterocycles. The lowest BCUT2D eigenvalue weighted by atomic mass is 9.94. The molecule has 0 amide bonds. The SMILES string of the molecule is CC(C)(C)[S+]([O-])N[C@@H](Cc1cccc(CO)n1)c1ccccc1-c1noc2ccccc12. The van der Waals surface area contributed by atoms with E-state index in [9.17, 15) is 9.66 Å². The number of fused-ring (bicyclic) bond motifs is 1. The molecule has 0 bridgehead atoms. The van der Waals surface area contributed by atoms with Gasteiger partial charge in [-0.3, -0.25) is 4.98 Å². The van der Waals surface area contributed by atoms with E-state index in [0.717, 1.165) is 33.5 Å². The van der Waals surface area contributed by atoms with Gasteiger partial charge in [0, 0.05) is 34.4 Å². The van der Waals surface area contributed by atoms with Crippen molar-refractivity contribution in [2.75, 3.05) is 0 Å². The normalized spacial score (nSPS) is 13.9. The van der Waals surface area contributed by atoms with E-state index >= 15 is 0 Å². The number of hydrogen-bond donors (Lipinski definition) is 2. The maximum Gasteiger partial charge on any atom is 0.167 e. The molecule has 0 saturated carbocycles. The molecule has 2 N–H and O–H groups in total. The number of pyridine rings is 1. The highest BCUT2D eigenvalue weighted by Crippen LogP contribution is 2.34. The third-order valence-corrected chi connectivity index (χ3v) is 6.82. The highest BCUT2D eigenvalue weighted by Gasteiger charge is 2.31. The molecule has 7 heteroatoms. The van der Waals surface area contributed by atoms with Crippen LogP contribution in [0.4, 0.5) is 0 Å². The summed E-state index contributed by atoms with van der Waals surface area (Å²) in [5.74, 6) is 0. The van der Waals surface area contributed by atoms with Gasteiger partial charge in [-0.25, -0.2) is 0 Å². The Labute approximate surface area is 191 Å². The summed E-state index contributed by atoms with van der Waals surface area (Å²) in [6, 6.07) is 21.0. The Balaban J connectivity index is 1.79. The predicted molar refractivity (Wildman–Crippen MR) is 127 cm³/mol. The van der Waals surface area contributed by atoms with Gasteiger partial charge in [-0.1, -0.05) is 47.6 Å². The second-order valence-corrected chi connectivity index (χ2v) is 10.6. The van der Waals surface area contributed by atoms with Crippen molar-refractivity contribution < 1.29 is 14.2 Å². The van der Waals surface area contributed by atoms with Crippen molar-refractivity contribution in [3.05, 3.63) is 83.7 Å². The first kappa shape index (κ1) is 22.5. The first-order valence-electron chi connectivity index (χ1n) is 10.5. The highest BCUT2D eigenvalue weighted by molar-refractivity contribution is 7.90. The van der Waals surface area contributed by atoms with Crippen molar-refractivity contribution in [3.63, 3.8) is 0 Å². The second-order valence-electron chi connectivity index (χ2n) is 8.65. The zero-order chi connectivity index (χ0) is 22.7. The standard InChI is InChI=1S/C25H27N3O3S/c1-25(2,3)32(30)28-22(15-17-9-8-10-18(16-29)26-17)19-11-4-5-12-20(19)24-21-13-6-7-14-23(21)31-27-24/h4-14,22,28-29H,15-16H2,1-3H3/t22-,32?/m0/s1. The third kappa shape index (κ3) is 4.86. The molecule has 0 aliphatic rings. The van der Waals surface area contributed by atoms with Crippen LogP contribution >= 0.6 is 0 Å². The average molecular weight is 450 g/mol. The summed E-state index contributed by atoms with van der Waals surface area (Å²) in [6.45, 7) is 5.69. The van der Waals surface area contributed by atoms with Crippen molar-refractivity contribution in [2.24, 2.45) is 0 Å². The minimum atomic E-state index is -1.30. The van der Waals surface area contributed by atoms with Crippen LogP contribution in [0.25, 0.3) is 22.2 Å². The van der Waals surface area contributed by atoms with Crippen LogP contribution in [0.1, 0.15) is 43.8 Å². The summed E-state index contributed by atoms with van der Waals surface area (Å²) in [5, 5.41) is 14.8. The first-order chi connectivity index (χ1) is 15.4. The molecule has 0 saturated heterocycles. The van der Waals surface area contributed by atoms with E-state index in [4.69, 9.17) is 4.52 Å². The third-order valence-electron chi connectivity index (χ3n) is 5.21. The number of nitrogens with zero attached hydrogens (tertiary/aromatic N) is 2. The minimum absolute atomic E-state index is 0.124. The van der Waals surface area contributed by atoms with E-state index in [-0.39, 0.29) is 12.6 Å². The number of aliphatic hydroxyl groups is 1. The molecular formula is C25H27N3O3S. The van der Waals surface area contributed by atoms with Crippen LogP contribution < -0.4 is 4.72 Å². The van der Waals surface area contributed by atoms with Gasteiger partial charge in [0.25, 0.3) is 0 Å². The zero-order valence-corrected chi connectivity index (χ0v) is 19.2. The average Bonchev–Trinajstić information content (AvgIpc) is 3.22. The molecule has 1 unspecified atom stereocenters. The van der Waals surface area contributed by atoms with Crippen molar-refractivity contribution in [1.82, 2.24) is 14.9 Å². The predicted octanol–water partition coefficient (Wildman–Crippen LogP) is 4.72. The van der Waals surface area contributed by atoms with Crippen LogP contribution in [0.15, 0.2) is 71.3 Å². The lowest BCUT2D eigenvalue weighted by molar-refractivity contribution is 0.276. The molecule has 2 aromatic heterocycles. The van der Waals surface area contributed by atoms with Gasteiger partial charge in [0.2, 0.25) is 0 Å². The highest BCUT2D eigenvalue weighted by atomic mass is 32.2. The smallest absolute Gasteiger partial charge is 0.167 e. The van der Waals surface area contributed by atoms with Crippen molar-refractivity contribution >= 4 is 22.3 Å². The molecule has 32 heavy (non-hydrogen) atoms. The Kier molecular flexibility index (Phi) is 6.62. The maximum atomic E-state index is 13.1. The van der Waals surface area contributed by atoms with Crippen LogP contribution in [0.3, 0.4) is 0 Å². The number of nitrogens with one attached hydrogen (secondary N) is 1. The summed E-state index contributed by atoms with van der Waals surface area (Å²) in [7, 11) is 0. The maximum absolute atomic E-state index is 13.1. The molecule has 4 rings (SSSR count). The number of aromatic nitrogens is 2. The van der Waals surface area contributed by atoms with E-state index in [2.05, 4.69) is 14.9 Å². The monoisotopic (exact) mass is 449 g/mol. The van der Waals surface area contributed by atoms with Gasteiger partial charge in [-0.05, 0) is 50.6 Å². The Hall–Kier alpha value is -2.71. The number of aliphatic hydroxyl groups excluding tert-OH is 1. The number of benzene rings is 2. The van der Waals surface area contributed by atoms with E-state index < -0.39 is 16.1 Å². The van der Waals surface area contributed by atoms with Crippen LogP contribution in [-0.2, 0) is 24.4 Å². The number of para-hydroxylation sites is 1. The molecule has 0 fully saturated rings. The van der Waals surface area contributed by atoms with Gasteiger partial charge >= 0.3 is 0 Å². The van der Waals surface area contributed by atoms with Crippen molar-refractivity contribution in [1.29, 1.82) is 0 Å². The lowest BCUT2D eigenvalue weighted by Gasteiger charge is -2.29. The molecule has 2 atom stereocenters. The Morgan fingerprint density at radius 1 is 1.00 bits per heavy atom. The number of hydrogen-bond acceptors (Lipinski definition) is 6. The van der Waals surface area contributed by atoms with Gasteiger partial charge in [0.15, 0.2) is 5.58 Å². The van der Waals surface area contributed by atoms with E-state index in [1.807, 2.05) is 81.4 Å². The summed E-state index contributed by atoms with van der Waals surface area (Å²) in [4.78, 5) is 4.55. The molecule has 4 aromatic rings. The van der Waals surface area contributed by atoms with Crippen LogP contribution in [0, 0.1) is 0 Å². The fourth-order valence-electron chi connectivity index (χ4n) is 3.56. The van der Waals surface area contributed by atoms with E-state index in [0.29, 0.717) is 12.1 Å². The van der Waals surface area contributed by atoms with Gasteiger partial charge < -0.3 is 14.2 Å². The Morgan fingerprint density at radius 2 is 1.72 bits per heavy atom. The molecule has 2 aromatic carbocycles. The van der Waals surface area contributed by atoms with Gasteiger partial charge in [-0.15, -0.1) is 4.72 Å². The first-order valence-corrected chi connectivity index (χ1v) is 11.7. The molecule has 6 nitrogen and oxygen atoms in total. The number of rotatable bonds is 7. The summed E-state index contributed by atoms with van der Waals surface area (Å²) in [5.41, 5.74) is 4.76. The molecule has 0 aliphatic heterocycles. The Bertz CT molecular complexity index is 1200. The van der Waals surface area contributed by atoms with Gasteiger partial charge in [0.05, 0.1) is 18.3 Å². The quantitative estimate of drug-likeness (QED) is 0.397. The fraction of sp³-hybridized carbons (Fsp3) is 0.280. The summed E-state index contributed by atoms with van der Waals surface area (Å²) < 4.78 is 21.5. The Morgan fingerprint density at radius 3 is 2.50 bits per heavy atom. The zero-order valence-electron chi connectivity index (χ0n) is 18.4. The fourth-order valence-corrected chi connectivity index (χ4v) is 4.38. The second kappa shape index (κ2) is 9.42. The lowest BCUT2D eigenvalue weighted by Crippen LogP contribution is -2.42. The van der Waals surface area contributed by atoms with Crippen LogP contribution in [-0.4, -0.2) is 24.5 Å². The van der Waals surface area contributed by atoms with Crippen LogP contribution in [0.2, 0.25) is 0 Å². The largest absolute Gasteiger partial charge is 0.598 e. The molecular weight excluding hydrogens is 422 g/mol. The van der Waals surface area contributed by atoms with E-state index in [1.165, 1.54) is 0 Å². The van der Waals surface area contributed by atoms with E-state index in [1.54, 1.807) is 6.07 Å². The molecule has 0 radical (unpaired) electrons. The molecule has 0 spiro atoms. The van der Waals surface area contributed by atoms with Gasteiger partial charge in [0.1, 0.15) is 10.4 Å². The summed E-state index contributed by atoms with van der Waals surface area (Å²) >= 11 is -1.30. The molecule has 166 valence electrons. The topological polar surface area (TPSA) is 94.2 Å². The minimum Gasteiger partial charge on any atom is -0.598 e. The van der Waals surface area contributed by atoms with Crippen LogP contribution in [0.5, 0.6) is 0 Å². The van der Waals surface area contributed by atoms with Crippen molar-refractivity contribution in [3.8, 4) is 11.3 Å². The van der Waals surface area contributed by atoms with Crippen molar-refractivity contribution in [2.45, 2.75) is 44.6 Å². The van der Waals surface area contributed by atoms with Gasteiger partial charge in [-0.2, -0.15) is 0 Å².